The molecule has 1 atom stereocenters. The lowest BCUT2D eigenvalue weighted by molar-refractivity contribution is 0.0751. The fraction of sp³-hybridized carbons (Fsp3) is 0.522. The van der Waals surface area contributed by atoms with Crippen LogP contribution in [0.1, 0.15) is 58.0 Å². The molecule has 0 spiro atoms. The maximum absolute atomic E-state index is 12.7. The number of hydrogen-bond donors (Lipinski definition) is 0. The summed E-state index contributed by atoms with van der Waals surface area (Å²) < 4.78 is 0. The number of amides is 1. The van der Waals surface area contributed by atoms with E-state index in [9.17, 15) is 4.79 Å². The van der Waals surface area contributed by atoms with E-state index in [0.717, 1.165) is 55.0 Å². The Labute approximate surface area is 184 Å². The highest BCUT2D eigenvalue weighted by Crippen LogP contribution is 2.44. The molecule has 1 aliphatic heterocycles. The van der Waals surface area contributed by atoms with Crippen molar-refractivity contribution >= 4 is 44.6 Å². The summed E-state index contributed by atoms with van der Waals surface area (Å²) in [5.41, 5.74) is 1.50. The molecule has 3 aliphatic rings. The van der Waals surface area contributed by atoms with Crippen molar-refractivity contribution in [1.29, 1.82) is 0 Å². The molecule has 1 amide bonds. The Morgan fingerprint density at radius 3 is 2.70 bits per heavy atom. The lowest BCUT2D eigenvalue weighted by atomic mass is 9.89. The zero-order valence-electron chi connectivity index (χ0n) is 17.3. The van der Waals surface area contributed by atoms with Gasteiger partial charge in [0.25, 0.3) is 5.91 Å². The van der Waals surface area contributed by atoms with Crippen molar-refractivity contribution in [2.45, 2.75) is 44.9 Å². The normalized spacial score (nSPS) is 21.8. The quantitative estimate of drug-likeness (QED) is 0.594. The van der Waals surface area contributed by atoms with Crippen LogP contribution in [0.5, 0.6) is 0 Å². The molecule has 7 heteroatoms. The Morgan fingerprint density at radius 2 is 1.97 bits per heavy atom. The van der Waals surface area contributed by atoms with Crippen LogP contribution in [-0.2, 0) is 12.8 Å². The lowest BCUT2D eigenvalue weighted by Gasteiger charge is -2.36. The number of piperazine rings is 1. The second kappa shape index (κ2) is 7.31. The third-order valence-corrected chi connectivity index (χ3v) is 8.70. The number of hydrogen-bond acceptors (Lipinski definition) is 6. The van der Waals surface area contributed by atoms with Crippen LogP contribution < -0.4 is 4.90 Å². The first-order chi connectivity index (χ1) is 14.7. The van der Waals surface area contributed by atoms with Crippen molar-refractivity contribution in [3.05, 3.63) is 38.7 Å². The van der Waals surface area contributed by atoms with Crippen molar-refractivity contribution in [3.8, 4) is 0 Å². The Balaban J connectivity index is 1.33. The Hall–Kier alpha value is -1.99. The maximum atomic E-state index is 12.7. The van der Waals surface area contributed by atoms with Crippen molar-refractivity contribution in [1.82, 2.24) is 14.9 Å². The predicted molar refractivity (Wildman–Crippen MR) is 123 cm³/mol. The molecule has 3 aromatic heterocycles. The summed E-state index contributed by atoms with van der Waals surface area (Å²) in [6.45, 7) is 5.55. The van der Waals surface area contributed by atoms with Crippen LogP contribution in [0.3, 0.4) is 0 Å². The van der Waals surface area contributed by atoms with Crippen LogP contribution in [0.25, 0.3) is 10.2 Å². The van der Waals surface area contributed by atoms with E-state index in [4.69, 9.17) is 9.97 Å². The van der Waals surface area contributed by atoms with Gasteiger partial charge < -0.3 is 9.80 Å². The largest absolute Gasteiger partial charge is 0.352 e. The molecule has 2 aliphatic carbocycles. The summed E-state index contributed by atoms with van der Waals surface area (Å²) in [6.07, 6.45) is 6.02. The zero-order chi connectivity index (χ0) is 20.2. The topological polar surface area (TPSA) is 49.3 Å². The molecule has 0 unspecified atom stereocenters. The highest BCUT2D eigenvalue weighted by molar-refractivity contribution is 7.19. The minimum atomic E-state index is 0.165. The molecular formula is C23H26N4OS2. The number of carbonyl (C=O) groups is 1. The number of thiophene rings is 2. The average Bonchev–Trinajstić information content (AvgIpc) is 3.34. The molecule has 0 bridgehead atoms. The molecule has 1 saturated carbocycles. The van der Waals surface area contributed by atoms with Crippen LogP contribution >= 0.6 is 22.7 Å². The van der Waals surface area contributed by atoms with Crippen LogP contribution in [-0.4, -0.2) is 47.0 Å². The SMILES string of the molecule is C[C@@H]1CCc2c(sc3nc(C4CC4)nc(N4CCN(C(=O)c5cccs5)CC4)c23)C1. The number of anilines is 1. The van der Waals surface area contributed by atoms with E-state index in [0.29, 0.717) is 5.92 Å². The van der Waals surface area contributed by atoms with Crippen LogP contribution in [0, 0.1) is 5.92 Å². The summed E-state index contributed by atoms with van der Waals surface area (Å²) in [4.78, 5) is 30.9. The summed E-state index contributed by atoms with van der Waals surface area (Å²) in [5.74, 6) is 3.65. The molecule has 30 heavy (non-hydrogen) atoms. The van der Waals surface area contributed by atoms with Crippen molar-refractivity contribution in [2.75, 3.05) is 31.1 Å². The first-order valence-corrected chi connectivity index (χ1v) is 12.8. The Bertz CT molecular complexity index is 1090. The smallest absolute Gasteiger partial charge is 0.264 e. The van der Waals surface area contributed by atoms with Gasteiger partial charge in [0.1, 0.15) is 16.5 Å². The second-order valence-electron chi connectivity index (χ2n) is 8.97. The monoisotopic (exact) mass is 438 g/mol. The number of fused-ring (bicyclic) bond motifs is 3. The average molecular weight is 439 g/mol. The zero-order valence-corrected chi connectivity index (χ0v) is 18.9. The van der Waals surface area contributed by atoms with Crippen LogP contribution in [0.4, 0.5) is 5.82 Å². The first-order valence-electron chi connectivity index (χ1n) is 11.1. The van der Waals surface area contributed by atoms with E-state index < -0.39 is 0 Å². The van der Waals surface area contributed by atoms with Gasteiger partial charge in [-0.15, -0.1) is 22.7 Å². The maximum Gasteiger partial charge on any atom is 0.264 e. The van der Waals surface area contributed by atoms with Crippen LogP contribution in [0.2, 0.25) is 0 Å². The van der Waals surface area contributed by atoms with E-state index >= 15 is 0 Å². The van der Waals surface area contributed by atoms with Gasteiger partial charge in [0.15, 0.2) is 0 Å². The van der Waals surface area contributed by atoms with Gasteiger partial charge in [-0.1, -0.05) is 13.0 Å². The number of carbonyl (C=O) groups excluding carboxylic acids is 1. The van der Waals surface area contributed by atoms with Gasteiger partial charge in [-0.2, -0.15) is 0 Å². The van der Waals surface area contributed by atoms with Gasteiger partial charge in [0, 0.05) is 37.0 Å². The summed E-state index contributed by atoms with van der Waals surface area (Å²) >= 11 is 3.43. The van der Waals surface area contributed by atoms with Gasteiger partial charge in [-0.05, 0) is 55.0 Å². The van der Waals surface area contributed by atoms with Gasteiger partial charge in [0.2, 0.25) is 0 Å². The van der Waals surface area contributed by atoms with Gasteiger partial charge in [-0.3, -0.25) is 4.79 Å². The number of aromatic nitrogens is 2. The van der Waals surface area contributed by atoms with Crippen LogP contribution in [0.15, 0.2) is 17.5 Å². The van der Waals surface area contributed by atoms with Crippen molar-refractivity contribution in [3.63, 3.8) is 0 Å². The highest BCUT2D eigenvalue weighted by Gasteiger charge is 2.32. The molecule has 0 radical (unpaired) electrons. The Kier molecular flexibility index (Phi) is 4.57. The van der Waals surface area contributed by atoms with Gasteiger partial charge in [0.05, 0.1) is 10.3 Å². The second-order valence-corrected chi connectivity index (χ2v) is 11.0. The molecule has 0 N–H and O–H groups in total. The summed E-state index contributed by atoms with van der Waals surface area (Å²) in [5, 5.41) is 3.28. The molecule has 0 aromatic carbocycles. The molecule has 3 aromatic rings. The third kappa shape index (κ3) is 3.23. The number of aryl methyl sites for hydroxylation is 1. The molecule has 1 saturated heterocycles. The molecule has 4 heterocycles. The minimum Gasteiger partial charge on any atom is -0.352 e. The molecular weight excluding hydrogens is 412 g/mol. The first kappa shape index (κ1) is 18.8. The van der Waals surface area contributed by atoms with Gasteiger partial charge >= 0.3 is 0 Å². The fourth-order valence-corrected chi connectivity index (χ4v) is 6.84. The summed E-state index contributed by atoms with van der Waals surface area (Å²) in [7, 11) is 0. The van der Waals surface area contributed by atoms with E-state index in [1.165, 1.54) is 57.7 Å². The standard InChI is InChI=1S/C23H26N4OS2/c1-14-4-7-16-18(13-14)30-22-19(16)21(24-20(25-22)15-5-6-15)26-8-10-27(11-9-26)23(28)17-3-2-12-29-17/h2-3,12,14-15H,4-11,13H2,1H3/t14-/m1/s1. The van der Waals surface area contributed by atoms with E-state index in [1.807, 2.05) is 33.7 Å². The summed E-state index contributed by atoms with van der Waals surface area (Å²) in [6, 6.07) is 3.87. The van der Waals surface area contributed by atoms with Crippen molar-refractivity contribution in [2.24, 2.45) is 5.92 Å². The molecule has 6 rings (SSSR count). The highest BCUT2D eigenvalue weighted by atomic mass is 32.1. The van der Waals surface area contributed by atoms with Crippen molar-refractivity contribution < 1.29 is 4.79 Å². The Morgan fingerprint density at radius 1 is 1.13 bits per heavy atom. The molecule has 5 nitrogen and oxygen atoms in total. The third-order valence-electron chi connectivity index (χ3n) is 6.69. The number of rotatable bonds is 3. The van der Waals surface area contributed by atoms with E-state index in [1.54, 1.807) is 0 Å². The number of nitrogens with zero attached hydrogens (tertiary/aromatic N) is 4. The fourth-order valence-electron chi connectivity index (χ4n) is 4.77. The van der Waals surface area contributed by atoms with E-state index in [2.05, 4.69) is 11.8 Å². The minimum absolute atomic E-state index is 0.165. The molecule has 2 fully saturated rings. The van der Waals surface area contributed by atoms with E-state index in [-0.39, 0.29) is 5.91 Å². The van der Waals surface area contributed by atoms with Gasteiger partial charge in [-0.25, -0.2) is 9.97 Å². The lowest BCUT2D eigenvalue weighted by Crippen LogP contribution is -2.49. The predicted octanol–water partition coefficient (Wildman–Crippen LogP) is 4.72. The molecule has 156 valence electrons.